The molecule has 8 heteroatoms. The zero-order valence-electron chi connectivity index (χ0n) is 14.9. The second kappa shape index (κ2) is 6.12. The van der Waals surface area contributed by atoms with Crippen LogP contribution in [0.1, 0.15) is 34.1 Å². The minimum atomic E-state index is -0.708. The van der Waals surface area contributed by atoms with E-state index < -0.39 is 11.6 Å². The van der Waals surface area contributed by atoms with Gasteiger partial charge in [-0.3, -0.25) is 4.79 Å². The molecule has 0 spiro atoms. The van der Waals surface area contributed by atoms with Gasteiger partial charge in [-0.1, -0.05) is 0 Å². The Hall–Kier alpha value is -3.29. The highest BCUT2D eigenvalue weighted by Crippen LogP contribution is 2.57. The molecule has 5 rings (SSSR count). The number of anilines is 1. The number of amides is 1. The number of benzene rings is 1. The number of nitrogens with one attached hydrogen (secondary N) is 1. The molecule has 3 aromatic rings. The molecule has 6 nitrogen and oxygen atoms in total. The molecule has 2 atom stereocenters. The van der Waals surface area contributed by atoms with E-state index in [2.05, 4.69) is 15.4 Å². The first kappa shape index (κ1) is 16.9. The number of hydrogen-bond acceptors (Lipinski definition) is 4. The largest absolute Gasteiger partial charge is 0.481 e. The van der Waals surface area contributed by atoms with Gasteiger partial charge in [0.25, 0.3) is 5.91 Å². The highest BCUT2D eigenvalue weighted by molar-refractivity contribution is 6.04. The van der Waals surface area contributed by atoms with Crippen LogP contribution in [0.5, 0.6) is 5.88 Å². The third-order valence-electron chi connectivity index (χ3n) is 5.32. The highest BCUT2D eigenvalue weighted by Gasteiger charge is 2.50. The summed E-state index contributed by atoms with van der Waals surface area (Å²) in [6.07, 6.45) is 3.24. The van der Waals surface area contributed by atoms with Gasteiger partial charge in [0.05, 0.1) is 24.7 Å². The number of pyridine rings is 1. The Kier molecular flexibility index (Phi) is 3.68. The summed E-state index contributed by atoms with van der Waals surface area (Å²) >= 11 is 0. The molecule has 28 heavy (non-hydrogen) atoms. The Bertz CT molecular complexity index is 1090. The zero-order chi connectivity index (χ0) is 19.4. The van der Waals surface area contributed by atoms with Crippen LogP contribution in [0.2, 0.25) is 0 Å². The molecule has 1 fully saturated rings. The first-order valence-corrected chi connectivity index (χ1v) is 8.93. The van der Waals surface area contributed by atoms with Gasteiger partial charge in [0.2, 0.25) is 5.88 Å². The van der Waals surface area contributed by atoms with Crippen LogP contribution in [-0.2, 0) is 6.42 Å². The van der Waals surface area contributed by atoms with Crippen molar-refractivity contribution >= 4 is 11.6 Å². The van der Waals surface area contributed by atoms with Crippen LogP contribution in [0.25, 0.3) is 5.69 Å². The van der Waals surface area contributed by atoms with Gasteiger partial charge in [0.15, 0.2) is 11.5 Å². The summed E-state index contributed by atoms with van der Waals surface area (Å²) in [6, 6.07) is 6.68. The molecule has 2 aromatic heterocycles. The van der Waals surface area contributed by atoms with Crippen LogP contribution in [0, 0.1) is 17.6 Å². The van der Waals surface area contributed by atoms with Crippen molar-refractivity contribution in [3.8, 4) is 11.6 Å². The summed E-state index contributed by atoms with van der Waals surface area (Å²) < 4.78 is 34.1. The molecule has 1 aromatic carbocycles. The summed E-state index contributed by atoms with van der Waals surface area (Å²) in [6.45, 7) is 0. The topological polar surface area (TPSA) is 69.0 Å². The fourth-order valence-electron chi connectivity index (χ4n) is 3.90. The molecule has 1 amide bonds. The molecular formula is C20H16F2N4O2. The number of aromatic nitrogens is 3. The van der Waals surface area contributed by atoms with Gasteiger partial charge in [-0.25, -0.2) is 18.4 Å². The van der Waals surface area contributed by atoms with Crippen molar-refractivity contribution in [2.75, 3.05) is 12.4 Å². The Labute approximate surface area is 159 Å². The fourth-order valence-corrected chi connectivity index (χ4v) is 3.90. The lowest BCUT2D eigenvalue weighted by atomic mass is 10.1. The number of hydrogen-bond donors (Lipinski definition) is 1. The molecule has 0 unspecified atom stereocenters. The lowest BCUT2D eigenvalue weighted by Gasteiger charge is -2.07. The second-order valence-corrected chi connectivity index (χ2v) is 7.07. The molecule has 2 aliphatic carbocycles. The third kappa shape index (κ3) is 2.64. The average molecular weight is 382 g/mol. The van der Waals surface area contributed by atoms with Crippen molar-refractivity contribution in [1.29, 1.82) is 0 Å². The standard InChI is InChI=1S/C20H16F2N4O2/c1-28-17-5-3-12(9-23-17)24-20(27)18-14-7-10-6-13(10)19(14)26(25-18)16-4-2-11(21)8-15(16)22/h2-5,8-10,13H,6-7H2,1H3,(H,24,27)/t10-,13-/m1/s1. The van der Waals surface area contributed by atoms with E-state index in [-0.39, 0.29) is 23.2 Å². The SMILES string of the molecule is COc1ccc(NC(=O)c2nn(-c3ccc(F)cc3F)c3c2C[C@H]2C[C@@H]32)cn1. The Morgan fingerprint density at radius 1 is 1.29 bits per heavy atom. The monoisotopic (exact) mass is 382 g/mol. The fraction of sp³-hybridized carbons (Fsp3) is 0.250. The van der Waals surface area contributed by atoms with Crippen LogP contribution in [-0.4, -0.2) is 27.8 Å². The lowest BCUT2D eigenvalue weighted by Crippen LogP contribution is -2.15. The molecule has 2 heterocycles. The Balaban J connectivity index is 1.52. The highest BCUT2D eigenvalue weighted by atomic mass is 19.1. The van der Waals surface area contributed by atoms with Crippen molar-refractivity contribution in [3.63, 3.8) is 0 Å². The zero-order valence-corrected chi connectivity index (χ0v) is 14.9. The first-order valence-electron chi connectivity index (χ1n) is 8.93. The van der Waals surface area contributed by atoms with Gasteiger partial charge in [0.1, 0.15) is 11.5 Å². The van der Waals surface area contributed by atoms with E-state index in [1.54, 1.807) is 12.1 Å². The average Bonchev–Trinajstić information content (AvgIpc) is 3.18. The molecule has 142 valence electrons. The maximum atomic E-state index is 14.4. The molecule has 0 saturated heterocycles. The van der Waals surface area contributed by atoms with Crippen molar-refractivity contribution in [3.05, 3.63) is 65.1 Å². The van der Waals surface area contributed by atoms with Crippen molar-refractivity contribution in [2.24, 2.45) is 5.92 Å². The molecule has 0 aliphatic heterocycles. The van der Waals surface area contributed by atoms with Crippen molar-refractivity contribution in [2.45, 2.75) is 18.8 Å². The predicted molar refractivity (Wildman–Crippen MR) is 96.8 cm³/mol. The van der Waals surface area contributed by atoms with Crippen molar-refractivity contribution in [1.82, 2.24) is 14.8 Å². The van der Waals surface area contributed by atoms with E-state index in [9.17, 15) is 13.6 Å². The number of carbonyl (C=O) groups is 1. The van der Waals surface area contributed by atoms with Gasteiger partial charge >= 0.3 is 0 Å². The smallest absolute Gasteiger partial charge is 0.276 e. The van der Waals surface area contributed by atoms with Gasteiger partial charge in [-0.15, -0.1) is 0 Å². The van der Waals surface area contributed by atoms with E-state index >= 15 is 0 Å². The van der Waals surface area contributed by atoms with Crippen LogP contribution >= 0.6 is 0 Å². The maximum Gasteiger partial charge on any atom is 0.276 e. The summed E-state index contributed by atoms with van der Waals surface area (Å²) in [7, 11) is 1.51. The maximum absolute atomic E-state index is 14.4. The van der Waals surface area contributed by atoms with Gasteiger partial charge < -0.3 is 10.1 Å². The van der Waals surface area contributed by atoms with Crippen LogP contribution < -0.4 is 10.1 Å². The van der Waals surface area contributed by atoms with E-state index in [0.29, 0.717) is 17.5 Å². The summed E-state index contributed by atoms with van der Waals surface area (Å²) in [5, 5.41) is 7.17. The number of methoxy groups -OCH3 is 1. The molecule has 0 radical (unpaired) electrons. The molecular weight excluding hydrogens is 366 g/mol. The normalized spacial score (nSPS) is 19.1. The summed E-state index contributed by atoms with van der Waals surface area (Å²) in [4.78, 5) is 16.9. The third-order valence-corrected chi connectivity index (χ3v) is 5.32. The molecule has 2 aliphatic rings. The van der Waals surface area contributed by atoms with Crippen molar-refractivity contribution < 1.29 is 18.3 Å². The number of rotatable bonds is 4. The number of halogens is 2. The van der Waals surface area contributed by atoms with E-state index in [1.807, 2.05) is 0 Å². The Morgan fingerprint density at radius 2 is 2.14 bits per heavy atom. The van der Waals surface area contributed by atoms with E-state index in [4.69, 9.17) is 4.74 Å². The molecule has 1 N–H and O–H groups in total. The Morgan fingerprint density at radius 3 is 2.86 bits per heavy atom. The minimum Gasteiger partial charge on any atom is -0.481 e. The molecule has 1 saturated carbocycles. The number of ether oxygens (including phenoxy) is 1. The summed E-state index contributed by atoms with van der Waals surface area (Å²) in [5.41, 5.74) is 2.61. The van der Waals surface area contributed by atoms with Gasteiger partial charge in [-0.05, 0) is 37.0 Å². The number of carbonyl (C=O) groups excluding carboxylic acids is 1. The molecule has 0 bridgehead atoms. The van der Waals surface area contributed by atoms with Crippen LogP contribution in [0.4, 0.5) is 14.5 Å². The van der Waals surface area contributed by atoms with E-state index in [0.717, 1.165) is 30.2 Å². The second-order valence-electron chi connectivity index (χ2n) is 7.07. The first-order chi connectivity index (χ1) is 13.5. The van der Waals surface area contributed by atoms with Gasteiger partial charge in [-0.2, -0.15) is 5.10 Å². The quantitative estimate of drug-likeness (QED) is 0.750. The summed E-state index contributed by atoms with van der Waals surface area (Å²) in [5.74, 6) is -0.561. The van der Waals surface area contributed by atoms with Gasteiger partial charge in [0, 0.05) is 23.6 Å². The predicted octanol–water partition coefficient (Wildman–Crippen LogP) is 3.47. The number of nitrogens with zero attached hydrogens (tertiary/aromatic N) is 3. The lowest BCUT2D eigenvalue weighted by molar-refractivity contribution is 0.102. The number of fused-ring (bicyclic) bond motifs is 3. The van der Waals surface area contributed by atoms with Crippen LogP contribution in [0.3, 0.4) is 0 Å². The van der Waals surface area contributed by atoms with Crippen LogP contribution in [0.15, 0.2) is 36.5 Å². The minimum absolute atomic E-state index is 0.148. The van der Waals surface area contributed by atoms with E-state index in [1.165, 1.54) is 30.1 Å².